The summed E-state index contributed by atoms with van der Waals surface area (Å²) in [6.07, 6.45) is 4.20. The number of benzene rings is 2. The molecule has 0 bridgehead atoms. The van der Waals surface area contributed by atoms with Crippen LogP contribution in [0.25, 0.3) is 0 Å². The second-order valence-electron chi connectivity index (χ2n) is 6.77. The first kappa shape index (κ1) is 24.5. The number of hydrogen-bond donors (Lipinski definition) is 0. The molecule has 6 heteroatoms. The van der Waals surface area contributed by atoms with Gasteiger partial charge in [-0.3, -0.25) is 0 Å². The van der Waals surface area contributed by atoms with Crippen LogP contribution in [0, 0.1) is 0 Å². The van der Waals surface area contributed by atoms with Crippen molar-refractivity contribution in [2.75, 3.05) is 13.2 Å². The topological polar surface area (TPSA) is 71.1 Å². The molecule has 0 amide bonds. The third kappa shape index (κ3) is 7.47. The lowest BCUT2D eigenvalue weighted by Gasteiger charge is -2.17. The van der Waals surface area contributed by atoms with Gasteiger partial charge < -0.3 is 18.9 Å². The van der Waals surface area contributed by atoms with Crippen LogP contribution < -0.4 is 9.47 Å². The SMILES string of the molecule is C=CCOc1ccccc1C(C)OC(=O)/C=C/C(=O)OC(C)c1ccccc1OCC=C. The molecular formula is C26H28O6. The van der Waals surface area contributed by atoms with Gasteiger partial charge in [0.25, 0.3) is 0 Å². The van der Waals surface area contributed by atoms with Crippen molar-refractivity contribution >= 4 is 11.9 Å². The third-order valence-electron chi connectivity index (χ3n) is 4.37. The van der Waals surface area contributed by atoms with Gasteiger partial charge in [0.15, 0.2) is 0 Å². The lowest BCUT2D eigenvalue weighted by molar-refractivity contribution is -0.145. The Bertz CT molecular complexity index is 885. The Morgan fingerprint density at radius 2 is 1.12 bits per heavy atom. The monoisotopic (exact) mass is 436 g/mol. The minimum Gasteiger partial charge on any atom is -0.489 e. The van der Waals surface area contributed by atoms with Gasteiger partial charge in [0.2, 0.25) is 0 Å². The van der Waals surface area contributed by atoms with Gasteiger partial charge in [0.1, 0.15) is 36.9 Å². The summed E-state index contributed by atoms with van der Waals surface area (Å²) >= 11 is 0. The molecule has 0 aliphatic rings. The Balaban J connectivity index is 1.94. The molecule has 0 aromatic heterocycles. The van der Waals surface area contributed by atoms with Crippen molar-refractivity contribution in [3.8, 4) is 11.5 Å². The average molecular weight is 437 g/mol. The van der Waals surface area contributed by atoms with E-state index in [1.54, 1.807) is 38.1 Å². The van der Waals surface area contributed by atoms with E-state index in [0.29, 0.717) is 35.8 Å². The quantitative estimate of drug-likeness (QED) is 0.256. The van der Waals surface area contributed by atoms with Crippen molar-refractivity contribution in [1.82, 2.24) is 0 Å². The number of rotatable bonds is 12. The predicted octanol–water partition coefficient (Wildman–Crippen LogP) is 5.28. The van der Waals surface area contributed by atoms with Crippen LogP contribution in [-0.4, -0.2) is 25.2 Å². The Morgan fingerprint density at radius 3 is 1.50 bits per heavy atom. The molecule has 0 aliphatic carbocycles. The number of carbonyl (C=O) groups is 2. The molecular weight excluding hydrogens is 408 g/mol. The maximum absolute atomic E-state index is 12.2. The van der Waals surface area contributed by atoms with Gasteiger partial charge in [-0.05, 0) is 26.0 Å². The van der Waals surface area contributed by atoms with E-state index in [1.165, 1.54) is 0 Å². The lowest BCUT2D eigenvalue weighted by Crippen LogP contribution is -2.11. The van der Waals surface area contributed by atoms with E-state index in [2.05, 4.69) is 13.2 Å². The van der Waals surface area contributed by atoms with Crippen LogP contribution in [0.4, 0.5) is 0 Å². The Morgan fingerprint density at radius 1 is 0.750 bits per heavy atom. The largest absolute Gasteiger partial charge is 0.489 e. The smallest absolute Gasteiger partial charge is 0.331 e. The van der Waals surface area contributed by atoms with Gasteiger partial charge in [-0.25, -0.2) is 9.59 Å². The van der Waals surface area contributed by atoms with E-state index >= 15 is 0 Å². The molecule has 2 rings (SSSR count). The first-order valence-electron chi connectivity index (χ1n) is 10.2. The van der Waals surface area contributed by atoms with E-state index in [9.17, 15) is 9.59 Å². The van der Waals surface area contributed by atoms with E-state index in [4.69, 9.17) is 18.9 Å². The van der Waals surface area contributed by atoms with Crippen molar-refractivity contribution in [1.29, 1.82) is 0 Å². The standard InChI is InChI=1S/C26H28O6/c1-5-17-29-23-13-9-7-11-21(23)19(3)31-25(27)15-16-26(28)32-20(4)22-12-8-10-14-24(22)30-18-6-2/h5-16,19-20H,1-2,17-18H2,3-4H3/b16-15+. The molecule has 0 aliphatic heterocycles. The predicted molar refractivity (Wildman–Crippen MR) is 122 cm³/mol. The molecule has 0 heterocycles. The average Bonchev–Trinajstić information content (AvgIpc) is 2.80. The highest BCUT2D eigenvalue weighted by Crippen LogP contribution is 2.28. The Labute approximate surface area is 188 Å². The highest BCUT2D eigenvalue weighted by atomic mass is 16.6. The molecule has 32 heavy (non-hydrogen) atoms. The molecule has 0 radical (unpaired) electrons. The fraction of sp³-hybridized carbons (Fsp3) is 0.231. The molecule has 2 unspecified atom stereocenters. The molecule has 2 atom stereocenters. The zero-order valence-electron chi connectivity index (χ0n) is 18.4. The van der Waals surface area contributed by atoms with Crippen molar-refractivity contribution < 1.29 is 28.5 Å². The summed E-state index contributed by atoms with van der Waals surface area (Å²) in [7, 11) is 0. The molecule has 6 nitrogen and oxygen atoms in total. The van der Waals surface area contributed by atoms with Crippen LogP contribution in [0.5, 0.6) is 11.5 Å². The van der Waals surface area contributed by atoms with Crippen LogP contribution in [0.2, 0.25) is 0 Å². The van der Waals surface area contributed by atoms with E-state index < -0.39 is 24.1 Å². The number of esters is 2. The van der Waals surface area contributed by atoms with Crippen LogP contribution in [0.1, 0.15) is 37.2 Å². The van der Waals surface area contributed by atoms with Gasteiger partial charge in [0.05, 0.1) is 0 Å². The fourth-order valence-electron chi connectivity index (χ4n) is 2.88. The Hall–Kier alpha value is -3.80. The maximum atomic E-state index is 12.2. The number of ether oxygens (including phenoxy) is 4. The van der Waals surface area contributed by atoms with Crippen LogP contribution in [0.15, 0.2) is 86.0 Å². The summed E-state index contributed by atoms with van der Waals surface area (Å²) in [5.74, 6) is -0.143. The van der Waals surface area contributed by atoms with E-state index in [0.717, 1.165) is 12.2 Å². The molecule has 0 spiro atoms. The molecule has 0 saturated carbocycles. The third-order valence-corrected chi connectivity index (χ3v) is 4.37. The fourth-order valence-corrected chi connectivity index (χ4v) is 2.88. The molecule has 0 saturated heterocycles. The zero-order chi connectivity index (χ0) is 23.3. The van der Waals surface area contributed by atoms with Crippen molar-refractivity contribution in [3.63, 3.8) is 0 Å². The molecule has 0 fully saturated rings. The first-order chi connectivity index (χ1) is 15.5. The van der Waals surface area contributed by atoms with E-state index in [-0.39, 0.29) is 0 Å². The molecule has 168 valence electrons. The summed E-state index contributed by atoms with van der Waals surface area (Å²) in [6.45, 7) is 11.4. The van der Waals surface area contributed by atoms with E-state index in [1.807, 2.05) is 36.4 Å². The van der Waals surface area contributed by atoms with Gasteiger partial charge in [-0.2, -0.15) is 0 Å². The summed E-state index contributed by atoms with van der Waals surface area (Å²) < 4.78 is 22.0. The first-order valence-corrected chi connectivity index (χ1v) is 10.2. The van der Waals surface area contributed by atoms with Gasteiger partial charge in [0, 0.05) is 23.3 Å². The summed E-state index contributed by atoms with van der Waals surface area (Å²) in [4.78, 5) is 24.4. The van der Waals surface area contributed by atoms with Gasteiger partial charge in [-0.1, -0.05) is 61.7 Å². The van der Waals surface area contributed by atoms with Crippen molar-refractivity contribution in [2.24, 2.45) is 0 Å². The summed E-state index contributed by atoms with van der Waals surface area (Å²) in [6, 6.07) is 14.5. The van der Waals surface area contributed by atoms with Crippen molar-refractivity contribution in [2.45, 2.75) is 26.1 Å². The second-order valence-corrected chi connectivity index (χ2v) is 6.77. The maximum Gasteiger partial charge on any atom is 0.331 e. The summed E-state index contributed by atoms with van der Waals surface area (Å²) in [5.41, 5.74) is 1.42. The highest BCUT2D eigenvalue weighted by Gasteiger charge is 2.17. The Kier molecular flexibility index (Phi) is 9.78. The normalized spacial score (nSPS) is 12.4. The van der Waals surface area contributed by atoms with Crippen LogP contribution >= 0.6 is 0 Å². The minimum absolute atomic E-state index is 0.337. The van der Waals surface area contributed by atoms with Crippen LogP contribution in [-0.2, 0) is 19.1 Å². The molecule has 0 N–H and O–H groups in total. The number of hydrogen-bond acceptors (Lipinski definition) is 6. The van der Waals surface area contributed by atoms with Crippen molar-refractivity contribution in [3.05, 3.63) is 97.1 Å². The van der Waals surface area contributed by atoms with Crippen LogP contribution in [0.3, 0.4) is 0 Å². The van der Waals surface area contributed by atoms with Gasteiger partial charge in [-0.15, -0.1) is 0 Å². The zero-order valence-corrected chi connectivity index (χ0v) is 18.4. The molecule has 2 aromatic carbocycles. The lowest BCUT2D eigenvalue weighted by atomic mass is 10.1. The molecule has 2 aromatic rings. The highest BCUT2D eigenvalue weighted by molar-refractivity contribution is 5.91. The number of para-hydroxylation sites is 2. The second kappa shape index (κ2) is 12.8. The number of carbonyl (C=O) groups excluding carboxylic acids is 2. The minimum atomic E-state index is -0.671. The van der Waals surface area contributed by atoms with Gasteiger partial charge >= 0.3 is 11.9 Å². The summed E-state index contributed by atoms with van der Waals surface area (Å²) in [5, 5.41) is 0.